The van der Waals surface area contributed by atoms with E-state index in [1.165, 1.54) is 30.3 Å². The van der Waals surface area contributed by atoms with Gasteiger partial charge in [0.05, 0.1) is 29.7 Å². The van der Waals surface area contributed by atoms with E-state index in [4.69, 9.17) is 26.5 Å². The molecule has 1 N–H and O–H groups in total. The summed E-state index contributed by atoms with van der Waals surface area (Å²) in [6, 6.07) is 10.8. The summed E-state index contributed by atoms with van der Waals surface area (Å²) in [5.41, 5.74) is 0.599. The van der Waals surface area contributed by atoms with Crippen molar-refractivity contribution >= 4 is 67.5 Å². The van der Waals surface area contributed by atoms with Crippen molar-refractivity contribution in [3.8, 4) is 11.5 Å². The second kappa shape index (κ2) is 9.64. The molecule has 13 heteroatoms. The summed E-state index contributed by atoms with van der Waals surface area (Å²) in [7, 11) is -3.76. The Kier molecular flexibility index (Phi) is 6.79. The zero-order valence-electron chi connectivity index (χ0n) is 18.3. The number of ether oxygens (including phenoxy) is 2. The Morgan fingerprint density at radius 1 is 1.20 bits per heavy atom. The number of hydrogen-bond acceptors (Lipinski definition) is 9. The number of hydrogen-bond donors (Lipinski definition) is 1. The molecule has 0 bridgehead atoms. The van der Waals surface area contributed by atoms with E-state index < -0.39 is 21.7 Å². The Labute approximate surface area is 209 Å². The summed E-state index contributed by atoms with van der Waals surface area (Å²) >= 11 is 6.57. The van der Waals surface area contributed by atoms with Crippen molar-refractivity contribution in [2.75, 3.05) is 12.9 Å². The van der Waals surface area contributed by atoms with Crippen LogP contribution in [0.25, 0.3) is 6.08 Å². The third-order valence-corrected chi connectivity index (χ3v) is 6.69. The van der Waals surface area contributed by atoms with Gasteiger partial charge in [-0.05, 0) is 55.0 Å². The van der Waals surface area contributed by atoms with Crippen molar-refractivity contribution < 1.29 is 27.5 Å². The van der Waals surface area contributed by atoms with Gasteiger partial charge in [0.1, 0.15) is 5.84 Å². The van der Waals surface area contributed by atoms with Crippen LogP contribution in [0.3, 0.4) is 0 Å². The van der Waals surface area contributed by atoms with Crippen LogP contribution in [0.4, 0.5) is 0 Å². The zero-order valence-corrected chi connectivity index (χ0v) is 20.7. The van der Waals surface area contributed by atoms with Gasteiger partial charge in [-0.1, -0.05) is 17.7 Å². The fraction of sp³-hybridized carbons (Fsp3) is 0.136. The van der Waals surface area contributed by atoms with Crippen LogP contribution in [0.15, 0.2) is 57.4 Å². The van der Waals surface area contributed by atoms with Gasteiger partial charge in [-0.3, -0.25) is 10.2 Å². The molecule has 2 heterocycles. The van der Waals surface area contributed by atoms with Crippen LogP contribution in [0.2, 0.25) is 5.02 Å². The van der Waals surface area contributed by atoms with Crippen molar-refractivity contribution in [1.82, 2.24) is 4.90 Å². The lowest BCUT2D eigenvalue weighted by molar-refractivity contribution is -0.114. The summed E-state index contributed by atoms with van der Waals surface area (Å²) in [5.74, 6) is -1.31. The van der Waals surface area contributed by atoms with Gasteiger partial charge in [0.2, 0.25) is 20.2 Å². The quantitative estimate of drug-likeness (QED) is 0.267. The third-order valence-electron chi connectivity index (χ3n) is 4.69. The van der Waals surface area contributed by atoms with Crippen LogP contribution >= 0.6 is 23.5 Å². The molecule has 0 aromatic heterocycles. The average molecular weight is 533 g/mol. The van der Waals surface area contributed by atoms with Crippen LogP contribution in [-0.4, -0.2) is 54.2 Å². The lowest BCUT2D eigenvalue weighted by Gasteiger charge is -2.23. The molecule has 2 aliphatic rings. The SMILES string of the molecule is CCOc1cc(/C=C2/C(=N)N3C(=NC2=O)SN=C3S(C)(=O)=O)ccc1OC(=O)c1ccc(Cl)cc1. The van der Waals surface area contributed by atoms with Crippen molar-refractivity contribution in [3.63, 3.8) is 0 Å². The molecule has 0 atom stereocenters. The molecule has 180 valence electrons. The Balaban J connectivity index is 1.64. The van der Waals surface area contributed by atoms with Crippen molar-refractivity contribution in [2.45, 2.75) is 6.92 Å². The number of benzene rings is 2. The first kappa shape index (κ1) is 24.6. The molecule has 10 nitrogen and oxygen atoms in total. The number of rotatable bonds is 5. The summed E-state index contributed by atoms with van der Waals surface area (Å²) in [6.07, 6.45) is 2.34. The molecule has 0 saturated carbocycles. The van der Waals surface area contributed by atoms with Gasteiger partial charge in [0.15, 0.2) is 11.5 Å². The molecule has 2 aromatic carbocycles. The van der Waals surface area contributed by atoms with Crippen LogP contribution in [0, 0.1) is 5.41 Å². The number of carbonyl (C=O) groups is 2. The molecule has 35 heavy (non-hydrogen) atoms. The Bertz CT molecular complexity index is 1450. The standard InChI is InChI=1S/C22H17ClN4O6S2/c1-3-32-17-11-12(4-9-16(17)33-20(29)13-5-7-14(23)8-6-13)10-15-18(24)27-21(25-19(15)28)34-26-22(27)35(2,30)31/h4-11,24H,3H2,1-2H3/b15-10-,24-18?. The normalized spacial score (nSPS) is 16.7. The van der Waals surface area contributed by atoms with Gasteiger partial charge in [0.25, 0.3) is 5.91 Å². The smallest absolute Gasteiger partial charge is 0.343 e. The number of nitrogens with zero attached hydrogens (tertiary/aromatic N) is 3. The Morgan fingerprint density at radius 3 is 2.57 bits per heavy atom. The third kappa shape index (κ3) is 5.14. The zero-order chi connectivity index (χ0) is 25.3. The van der Waals surface area contributed by atoms with E-state index in [1.807, 2.05) is 0 Å². The van der Waals surface area contributed by atoms with Crippen molar-refractivity contribution in [1.29, 1.82) is 5.41 Å². The van der Waals surface area contributed by atoms with E-state index >= 15 is 0 Å². The largest absolute Gasteiger partial charge is 0.490 e. The number of esters is 1. The molecule has 0 radical (unpaired) electrons. The van der Waals surface area contributed by atoms with Crippen LogP contribution in [0.1, 0.15) is 22.8 Å². The highest BCUT2D eigenvalue weighted by Gasteiger charge is 2.41. The van der Waals surface area contributed by atoms with Crippen molar-refractivity contribution in [2.24, 2.45) is 9.39 Å². The molecule has 0 fully saturated rings. The summed E-state index contributed by atoms with van der Waals surface area (Å²) in [4.78, 5) is 29.9. The topological polar surface area (TPSA) is 139 Å². The number of nitrogens with one attached hydrogen (secondary N) is 1. The summed E-state index contributed by atoms with van der Waals surface area (Å²) in [5, 5.41) is 8.54. The van der Waals surface area contributed by atoms with Crippen molar-refractivity contribution in [3.05, 3.63) is 64.2 Å². The second-order valence-corrected chi connectivity index (χ2v) is 10.3. The Hall–Kier alpha value is -3.48. The van der Waals surface area contributed by atoms with Crippen LogP contribution in [0.5, 0.6) is 11.5 Å². The number of aliphatic imine (C=N–C) groups is 1. The number of sulfone groups is 1. The minimum Gasteiger partial charge on any atom is -0.490 e. The van der Waals surface area contributed by atoms with Gasteiger partial charge in [-0.2, -0.15) is 9.39 Å². The first-order chi connectivity index (χ1) is 16.6. The molecule has 4 rings (SSSR count). The van der Waals surface area contributed by atoms with Gasteiger partial charge in [0, 0.05) is 11.3 Å². The molecule has 2 aliphatic heterocycles. The highest BCUT2D eigenvalue weighted by atomic mass is 35.5. The van der Waals surface area contributed by atoms with Crippen LogP contribution < -0.4 is 9.47 Å². The molecule has 2 aromatic rings. The summed E-state index contributed by atoms with van der Waals surface area (Å²) in [6.45, 7) is 2.02. The maximum atomic E-state index is 12.6. The van der Waals surface area contributed by atoms with E-state index in [0.717, 1.165) is 11.2 Å². The molecular weight excluding hydrogens is 516 g/mol. The first-order valence-corrected chi connectivity index (χ1v) is 13.1. The highest BCUT2D eigenvalue weighted by Crippen LogP contribution is 2.33. The van der Waals surface area contributed by atoms with E-state index in [1.54, 1.807) is 25.1 Å². The number of carbonyl (C=O) groups excluding carboxylic acids is 2. The average Bonchev–Trinajstić information content (AvgIpc) is 3.23. The molecule has 0 spiro atoms. The Morgan fingerprint density at radius 2 is 1.91 bits per heavy atom. The van der Waals surface area contributed by atoms with E-state index in [-0.39, 0.29) is 39.8 Å². The van der Waals surface area contributed by atoms with E-state index in [0.29, 0.717) is 28.1 Å². The number of fused-ring (bicyclic) bond motifs is 1. The molecule has 0 aliphatic carbocycles. The number of halogens is 1. The van der Waals surface area contributed by atoms with Gasteiger partial charge in [-0.15, -0.1) is 0 Å². The predicted molar refractivity (Wildman–Crippen MR) is 134 cm³/mol. The minimum absolute atomic E-state index is 0.00274. The number of amidine groups is 3. The fourth-order valence-electron chi connectivity index (χ4n) is 3.12. The highest BCUT2D eigenvalue weighted by molar-refractivity contribution is 8.16. The lowest BCUT2D eigenvalue weighted by Crippen LogP contribution is -2.45. The molecule has 1 amide bonds. The predicted octanol–water partition coefficient (Wildman–Crippen LogP) is 3.58. The number of amides is 1. The molecule has 0 saturated heterocycles. The minimum atomic E-state index is -3.76. The lowest BCUT2D eigenvalue weighted by atomic mass is 10.1. The summed E-state index contributed by atoms with van der Waals surface area (Å²) < 4.78 is 39.0. The van der Waals surface area contributed by atoms with E-state index in [2.05, 4.69) is 9.39 Å². The molecule has 0 unspecified atom stereocenters. The fourth-order valence-corrected chi connectivity index (χ4v) is 5.09. The van der Waals surface area contributed by atoms with Gasteiger partial charge >= 0.3 is 5.97 Å². The first-order valence-electron chi connectivity index (χ1n) is 10.0. The van der Waals surface area contributed by atoms with E-state index in [9.17, 15) is 18.0 Å². The van der Waals surface area contributed by atoms with Gasteiger partial charge < -0.3 is 9.47 Å². The maximum absolute atomic E-state index is 12.6. The molecular formula is C22H17ClN4O6S2. The van der Waals surface area contributed by atoms with Gasteiger partial charge in [-0.25, -0.2) is 18.1 Å². The van der Waals surface area contributed by atoms with Crippen LogP contribution in [-0.2, 0) is 14.6 Å². The monoisotopic (exact) mass is 532 g/mol. The maximum Gasteiger partial charge on any atom is 0.343 e. The second-order valence-electron chi connectivity index (χ2n) is 7.21.